The van der Waals surface area contributed by atoms with Gasteiger partial charge in [-0.3, -0.25) is 0 Å². The van der Waals surface area contributed by atoms with E-state index in [0.29, 0.717) is 0 Å². The summed E-state index contributed by atoms with van der Waals surface area (Å²) >= 11 is 0. The summed E-state index contributed by atoms with van der Waals surface area (Å²) < 4.78 is 0. The van der Waals surface area contributed by atoms with Gasteiger partial charge in [0.25, 0.3) is 0 Å². The molecule has 0 spiro atoms. The maximum Gasteiger partial charge on any atom is -0.0196 e. The highest BCUT2D eigenvalue weighted by atomic mass is 14.5. The molecule has 0 amide bonds. The summed E-state index contributed by atoms with van der Waals surface area (Å²) in [7, 11) is 0. The Balaban J connectivity index is 2.22. The van der Waals surface area contributed by atoms with E-state index in [2.05, 4.69) is 19.1 Å². The quantitative estimate of drug-likeness (QED) is 0.402. The highest BCUT2D eigenvalue weighted by Gasteiger charge is 2.41. The maximum absolute atomic E-state index is 2.37. The first-order chi connectivity index (χ1) is 3.38. The third-order valence-electron chi connectivity index (χ3n) is 2.23. The van der Waals surface area contributed by atoms with Gasteiger partial charge in [-0.25, -0.2) is 0 Å². The summed E-state index contributed by atoms with van der Waals surface area (Å²) in [5.41, 5.74) is 0. The van der Waals surface area contributed by atoms with E-state index in [1.165, 1.54) is 6.42 Å². The van der Waals surface area contributed by atoms with Gasteiger partial charge in [0.15, 0.2) is 0 Å². The molecule has 0 nitrogen and oxygen atoms in total. The van der Waals surface area contributed by atoms with Crippen molar-refractivity contribution >= 4 is 0 Å². The normalized spacial score (nSPS) is 54.7. The van der Waals surface area contributed by atoms with Crippen molar-refractivity contribution in [3.63, 3.8) is 0 Å². The maximum atomic E-state index is 2.37. The third-order valence-corrected chi connectivity index (χ3v) is 2.23. The van der Waals surface area contributed by atoms with Gasteiger partial charge >= 0.3 is 0 Å². The van der Waals surface area contributed by atoms with Crippen LogP contribution in [-0.4, -0.2) is 0 Å². The molecule has 2 unspecified atom stereocenters. The summed E-state index contributed by atoms with van der Waals surface area (Å²) in [5.74, 6) is 2.99. The fourth-order valence-corrected chi connectivity index (χ4v) is 1.52. The zero-order valence-corrected chi connectivity index (χ0v) is 4.59. The van der Waals surface area contributed by atoms with Crippen molar-refractivity contribution in [1.29, 1.82) is 0 Å². The molecular weight excluding hydrogens is 84.1 g/mol. The molecule has 2 aliphatic carbocycles. The van der Waals surface area contributed by atoms with Crippen molar-refractivity contribution in [2.24, 2.45) is 17.8 Å². The highest BCUT2D eigenvalue weighted by molar-refractivity contribution is 5.14. The van der Waals surface area contributed by atoms with Crippen LogP contribution in [0.4, 0.5) is 0 Å². The van der Waals surface area contributed by atoms with Gasteiger partial charge in [0.05, 0.1) is 0 Å². The Labute approximate surface area is 44.2 Å². The molecule has 0 saturated heterocycles. The minimum atomic E-state index is 0.907. The van der Waals surface area contributed by atoms with Crippen LogP contribution in [0.25, 0.3) is 0 Å². The van der Waals surface area contributed by atoms with Crippen LogP contribution in [0.2, 0.25) is 0 Å². The number of hydrogen-bond donors (Lipinski definition) is 0. The number of fused-ring (bicyclic) bond motifs is 1. The molecule has 0 heterocycles. The van der Waals surface area contributed by atoms with Gasteiger partial charge in [0.1, 0.15) is 0 Å². The Kier molecular flexibility index (Phi) is 0.495. The first kappa shape index (κ1) is 3.71. The fourth-order valence-electron chi connectivity index (χ4n) is 1.52. The average molecular weight is 94.2 g/mol. The number of hydrogen-bond acceptors (Lipinski definition) is 0. The predicted octanol–water partition coefficient (Wildman–Crippen LogP) is 1.83. The van der Waals surface area contributed by atoms with Crippen LogP contribution in [0, 0.1) is 17.8 Å². The SMILES string of the molecule is C[C@@H]1C=CC2CC21. The molecule has 3 atom stereocenters. The molecule has 1 fully saturated rings. The van der Waals surface area contributed by atoms with Gasteiger partial charge in [-0.2, -0.15) is 0 Å². The van der Waals surface area contributed by atoms with Gasteiger partial charge < -0.3 is 0 Å². The molecule has 0 N–H and O–H groups in total. The predicted molar refractivity (Wildman–Crippen MR) is 29.9 cm³/mol. The summed E-state index contributed by atoms with van der Waals surface area (Å²) in [4.78, 5) is 0. The number of allylic oxidation sites excluding steroid dienone is 2. The van der Waals surface area contributed by atoms with Gasteiger partial charge in [-0.1, -0.05) is 19.1 Å². The van der Waals surface area contributed by atoms with Crippen molar-refractivity contribution in [2.75, 3.05) is 0 Å². The van der Waals surface area contributed by atoms with E-state index in [0.717, 1.165) is 17.8 Å². The van der Waals surface area contributed by atoms with Crippen LogP contribution < -0.4 is 0 Å². The standard InChI is InChI=1S/C7H10/c1-5-2-3-6-4-7(5)6/h2-3,5-7H,4H2,1H3/t5-,6?,7?/m1/s1. The zero-order chi connectivity index (χ0) is 4.85. The minimum absolute atomic E-state index is 0.907. The van der Waals surface area contributed by atoms with Gasteiger partial charge in [0, 0.05) is 0 Å². The van der Waals surface area contributed by atoms with E-state index in [1.54, 1.807) is 0 Å². The van der Waals surface area contributed by atoms with Crippen LogP contribution in [0.5, 0.6) is 0 Å². The molecule has 7 heavy (non-hydrogen) atoms. The largest absolute Gasteiger partial charge is 0.0851 e. The molecule has 2 rings (SSSR count). The Morgan fingerprint density at radius 1 is 1.43 bits per heavy atom. The smallest absolute Gasteiger partial charge is 0.0196 e. The Hall–Kier alpha value is -0.260. The van der Waals surface area contributed by atoms with Crippen LogP contribution in [-0.2, 0) is 0 Å². The van der Waals surface area contributed by atoms with Crippen molar-refractivity contribution in [2.45, 2.75) is 13.3 Å². The monoisotopic (exact) mass is 94.1 g/mol. The molecule has 38 valence electrons. The second-order valence-electron chi connectivity index (χ2n) is 2.81. The lowest BCUT2D eigenvalue weighted by Crippen LogP contribution is -1.85. The second-order valence-corrected chi connectivity index (χ2v) is 2.81. The molecule has 0 aliphatic heterocycles. The fraction of sp³-hybridized carbons (Fsp3) is 0.714. The van der Waals surface area contributed by atoms with E-state index < -0.39 is 0 Å². The van der Waals surface area contributed by atoms with E-state index in [9.17, 15) is 0 Å². The molecule has 0 bridgehead atoms. The zero-order valence-electron chi connectivity index (χ0n) is 4.59. The molecule has 0 aromatic carbocycles. The van der Waals surface area contributed by atoms with Crippen molar-refractivity contribution < 1.29 is 0 Å². The lowest BCUT2D eigenvalue weighted by molar-refractivity contribution is 0.634. The molecule has 1 saturated carbocycles. The van der Waals surface area contributed by atoms with Crippen LogP contribution >= 0.6 is 0 Å². The van der Waals surface area contributed by atoms with Crippen LogP contribution in [0.15, 0.2) is 12.2 Å². The molecule has 2 aliphatic rings. The molecule has 0 heteroatoms. The second kappa shape index (κ2) is 0.936. The van der Waals surface area contributed by atoms with Gasteiger partial charge in [-0.15, -0.1) is 0 Å². The Morgan fingerprint density at radius 3 is 2.43 bits per heavy atom. The third kappa shape index (κ3) is 0.370. The van der Waals surface area contributed by atoms with Crippen LogP contribution in [0.1, 0.15) is 13.3 Å². The van der Waals surface area contributed by atoms with Gasteiger partial charge in [0.2, 0.25) is 0 Å². The topological polar surface area (TPSA) is 0 Å². The van der Waals surface area contributed by atoms with E-state index >= 15 is 0 Å². The number of rotatable bonds is 0. The first-order valence-electron chi connectivity index (χ1n) is 3.06. The summed E-state index contributed by atoms with van der Waals surface area (Å²) in [6.45, 7) is 2.31. The average Bonchev–Trinajstić information content (AvgIpc) is 2.33. The summed E-state index contributed by atoms with van der Waals surface area (Å²) in [6.07, 6.45) is 6.20. The lowest BCUT2D eigenvalue weighted by Gasteiger charge is -1.93. The van der Waals surface area contributed by atoms with Gasteiger partial charge in [-0.05, 0) is 24.2 Å². The lowest BCUT2D eigenvalue weighted by atomic mass is 10.1. The molecule has 0 aromatic rings. The Morgan fingerprint density at radius 2 is 2.29 bits per heavy atom. The minimum Gasteiger partial charge on any atom is -0.0851 e. The molecule has 0 radical (unpaired) electrons. The van der Waals surface area contributed by atoms with Crippen molar-refractivity contribution in [3.8, 4) is 0 Å². The van der Waals surface area contributed by atoms with Crippen molar-refractivity contribution in [1.82, 2.24) is 0 Å². The summed E-state index contributed by atoms with van der Waals surface area (Å²) in [6, 6.07) is 0. The summed E-state index contributed by atoms with van der Waals surface area (Å²) in [5, 5.41) is 0. The Bertz CT molecular complexity index is 113. The first-order valence-corrected chi connectivity index (χ1v) is 3.06. The molecule has 0 aromatic heterocycles. The van der Waals surface area contributed by atoms with Crippen molar-refractivity contribution in [3.05, 3.63) is 12.2 Å². The highest BCUT2D eigenvalue weighted by Crippen LogP contribution is 2.50. The van der Waals surface area contributed by atoms with Crippen LogP contribution in [0.3, 0.4) is 0 Å². The van der Waals surface area contributed by atoms with E-state index in [4.69, 9.17) is 0 Å². The van der Waals surface area contributed by atoms with E-state index in [-0.39, 0.29) is 0 Å². The van der Waals surface area contributed by atoms with E-state index in [1.807, 2.05) is 0 Å². The molecular formula is C7H10.